The summed E-state index contributed by atoms with van der Waals surface area (Å²) in [5, 5.41) is 11.3. The minimum Gasteiger partial charge on any atom is -0.480 e. The zero-order chi connectivity index (χ0) is 15.4. The number of hydrogen-bond donors (Lipinski definition) is 2. The van der Waals surface area contributed by atoms with Gasteiger partial charge in [-0.1, -0.05) is 12.8 Å². The fourth-order valence-electron chi connectivity index (χ4n) is 2.55. The van der Waals surface area contributed by atoms with Crippen molar-refractivity contribution in [1.29, 1.82) is 0 Å². The number of aliphatic carboxylic acids is 1. The molecule has 0 heterocycles. The summed E-state index contributed by atoms with van der Waals surface area (Å²) in [5.74, 6) is -2.74. The van der Waals surface area contributed by atoms with Crippen LogP contribution in [0, 0.1) is 11.6 Å². The molecule has 2 amide bonds. The van der Waals surface area contributed by atoms with Crippen molar-refractivity contribution in [3.8, 4) is 0 Å². The lowest BCUT2D eigenvalue weighted by Gasteiger charge is -2.27. The summed E-state index contributed by atoms with van der Waals surface area (Å²) >= 11 is 0. The lowest BCUT2D eigenvalue weighted by atomic mass is 10.2. The Labute approximate surface area is 120 Å². The number of carbonyl (C=O) groups is 2. The molecule has 2 N–H and O–H groups in total. The second-order valence-corrected chi connectivity index (χ2v) is 5.05. The lowest BCUT2D eigenvalue weighted by molar-refractivity contribution is -0.138. The molecule has 0 bridgehead atoms. The summed E-state index contributed by atoms with van der Waals surface area (Å²) in [7, 11) is 0. The molecule has 0 unspecified atom stereocenters. The number of carboxylic acid groups (broad SMARTS) is 1. The predicted octanol–water partition coefficient (Wildman–Crippen LogP) is 2.83. The molecule has 0 saturated heterocycles. The van der Waals surface area contributed by atoms with Gasteiger partial charge in [0.25, 0.3) is 0 Å². The van der Waals surface area contributed by atoms with Gasteiger partial charge in [-0.25, -0.2) is 13.6 Å². The number of carboxylic acids is 1. The van der Waals surface area contributed by atoms with Crippen LogP contribution in [0.15, 0.2) is 18.2 Å². The average Bonchev–Trinajstić information content (AvgIpc) is 2.87. The Morgan fingerprint density at radius 3 is 2.29 bits per heavy atom. The number of halogens is 2. The molecule has 1 aliphatic carbocycles. The van der Waals surface area contributed by atoms with Gasteiger partial charge in [0.05, 0.1) is 0 Å². The van der Waals surface area contributed by atoms with Crippen molar-refractivity contribution in [3.05, 3.63) is 29.8 Å². The molecule has 0 radical (unpaired) electrons. The van der Waals surface area contributed by atoms with Crippen LogP contribution >= 0.6 is 0 Å². The quantitative estimate of drug-likeness (QED) is 0.898. The Morgan fingerprint density at radius 1 is 1.19 bits per heavy atom. The van der Waals surface area contributed by atoms with Crippen molar-refractivity contribution in [2.75, 3.05) is 11.9 Å². The van der Waals surface area contributed by atoms with Gasteiger partial charge >= 0.3 is 12.0 Å². The molecule has 1 aromatic rings. The highest BCUT2D eigenvalue weighted by atomic mass is 19.1. The van der Waals surface area contributed by atoms with Gasteiger partial charge in [0.2, 0.25) is 0 Å². The van der Waals surface area contributed by atoms with Crippen LogP contribution in [0.1, 0.15) is 25.7 Å². The molecule has 0 aliphatic heterocycles. The standard InChI is InChI=1S/C14H16F2N2O3/c15-9-5-10(16)7-11(6-9)17-14(21)18(8-13(19)20)12-3-1-2-4-12/h5-7,12H,1-4,8H2,(H,17,21)(H,19,20). The number of anilines is 1. The molecule has 5 nitrogen and oxygen atoms in total. The molecule has 7 heteroatoms. The molecule has 1 saturated carbocycles. The van der Waals surface area contributed by atoms with E-state index in [0.29, 0.717) is 6.07 Å². The third kappa shape index (κ3) is 4.14. The number of benzene rings is 1. The molecule has 1 aromatic carbocycles. The average molecular weight is 298 g/mol. The molecule has 2 rings (SSSR count). The fraction of sp³-hybridized carbons (Fsp3) is 0.429. The molecular weight excluding hydrogens is 282 g/mol. The molecule has 0 atom stereocenters. The molecule has 0 spiro atoms. The number of carbonyl (C=O) groups excluding carboxylic acids is 1. The zero-order valence-electron chi connectivity index (χ0n) is 11.3. The van der Waals surface area contributed by atoms with E-state index in [1.807, 2.05) is 0 Å². The molecule has 21 heavy (non-hydrogen) atoms. The minimum absolute atomic E-state index is 0.0362. The van der Waals surface area contributed by atoms with Crippen LogP contribution in [0.25, 0.3) is 0 Å². The maximum Gasteiger partial charge on any atom is 0.323 e. The maximum atomic E-state index is 13.1. The second kappa shape index (κ2) is 6.51. The zero-order valence-corrected chi connectivity index (χ0v) is 11.3. The smallest absolute Gasteiger partial charge is 0.323 e. The van der Waals surface area contributed by atoms with Gasteiger partial charge < -0.3 is 15.3 Å². The summed E-state index contributed by atoms with van der Waals surface area (Å²) < 4.78 is 26.2. The van der Waals surface area contributed by atoms with E-state index >= 15 is 0 Å². The van der Waals surface area contributed by atoms with E-state index in [1.54, 1.807) is 0 Å². The molecule has 114 valence electrons. The predicted molar refractivity (Wildman–Crippen MR) is 72.0 cm³/mol. The van der Waals surface area contributed by atoms with Crippen molar-refractivity contribution in [3.63, 3.8) is 0 Å². The lowest BCUT2D eigenvalue weighted by Crippen LogP contribution is -2.44. The van der Waals surface area contributed by atoms with E-state index in [2.05, 4.69) is 5.32 Å². The number of nitrogens with zero attached hydrogens (tertiary/aromatic N) is 1. The topological polar surface area (TPSA) is 69.6 Å². The van der Waals surface area contributed by atoms with Crippen molar-refractivity contribution in [2.45, 2.75) is 31.7 Å². The number of hydrogen-bond acceptors (Lipinski definition) is 2. The molecule has 1 aliphatic rings. The normalized spacial score (nSPS) is 15.0. The van der Waals surface area contributed by atoms with Gasteiger partial charge in [-0.15, -0.1) is 0 Å². The van der Waals surface area contributed by atoms with Gasteiger partial charge in [0, 0.05) is 17.8 Å². The van der Waals surface area contributed by atoms with Gasteiger partial charge in [-0.05, 0) is 25.0 Å². The van der Waals surface area contributed by atoms with E-state index < -0.39 is 30.2 Å². The first-order chi connectivity index (χ1) is 9.95. The number of rotatable bonds is 4. The number of nitrogens with one attached hydrogen (secondary N) is 1. The van der Waals surface area contributed by atoms with Crippen LogP contribution in [-0.4, -0.2) is 34.6 Å². The summed E-state index contributed by atoms with van der Waals surface area (Å²) in [6, 6.07) is 1.85. The Balaban J connectivity index is 2.11. The van der Waals surface area contributed by atoms with Crippen LogP contribution in [0.4, 0.5) is 19.3 Å². The molecule has 0 aromatic heterocycles. The number of urea groups is 1. The van der Waals surface area contributed by atoms with Gasteiger partial charge in [-0.3, -0.25) is 4.79 Å². The summed E-state index contributed by atoms with van der Waals surface area (Å²) in [6.07, 6.45) is 3.34. The third-order valence-corrected chi connectivity index (χ3v) is 3.45. The Morgan fingerprint density at radius 2 is 1.76 bits per heavy atom. The first kappa shape index (κ1) is 15.2. The van der Waals surface area contributed by atoms with Gasteiger partial charge in [0.15, 0.2) is 0 Å². The van der Waals surface area contributed by atoms with E-state index in [0.717, 1.165) is 37.8 Å². The van der Waals surface area contributed by atoms with Crippen molar-refractivity contribution < 1.29 is 23.5 Å². The van der Waals surface area contributed by atoms with Crippen molar-refractivity contribution in [1.82, 2.24) is 4.90 Å². The third-order valence-electron chi connectivity index (χ3n) is 3.45. The highest BCUT2D eigenvalue weighted by molar-refractivity contribution is 5.91. The van der Waals surface area contributed by atoms with Crippen LogP contribution < -0.4 is 5.32 Å². The second-order valence-electron chi connectivity index (χ2n) is 5.05. The van der Waals surface area contributed by atoms with Crippen LogP contribution in [0.2, 0.25) is 0 Å². The maximum absolute atomic E-state index is 13.1. The molecular formula is C14H16F2N2O3. The van der Waals surface area contributed by atoms with E-state index in [-0.39, 0.29) is 11.7 Å². The Hall–Kier alpha value is -2.18. The highest BCUT2D eigenvalue weighted by Crippen LogP contribution is 2.24. The minimum atomic E-state index is -1.12. The largest absolute Gasteiger partial charge is 0.480 e. The molecule has 1 fully saturated rings. The first-order valence-corrected chi connectivity index (χ1v) is 6.71. The van der Waals surface area contributed by atoms with E-state index in [4.69, 9.17) is 5.11 Å². The first-order valence-electron chi connectivity index (χ1n) is 6.71. The Kier molecular flexibility index (Phi) is 4.72. The van der Waals surface area contributed by atoms with Gasteiger partial charge in [-0.2, -0.15) is 0 Å². The summed E-state index contributed by atoms with van der Waals surface area (Å²) in [4.78, 5) is 24.3. The summed E-state index contributed by atoms with van der Waals surface area (Å²) in [5.41, 5.74) is -0.0362. The van der Waals surface area contributed by atoms with E-state index in [9.17, 15) is 18.4 Å². The van der Waals surface area contributed by atoms with Gasteiger partial charge in [0.1, 0.15) is 18.2 Å². The van der Waals surface area contributed by atoms with Crippen molar-refractivity contribution >= 4 is 17.7 Å². The Bertz CT molecular complexity index is 525. The number of amides is 2. The SMILES string of the molecule is O=C(O)CN(C(=O)Nc1cc(F)cc(F)c1)C1CCCC1. The van der Waals surface area contributed by atoms with Crippen LogP contribution in [0.5, 0.6) is 0 Å². The summed E-state index contributed by atoms with van der Waals surface area (Å²) in [6.45, 7) is -0.436. The van der Waals surface area contributed by atoms with E-state index in [1.165, 1.54) is 4.90 Å². The van der Waals surface area contributed by atoms with Crippen LogP contribution in [-0.2, 0) is 4.79 Å². The highest BCUT2D eigenvalue weighted by Gasteiger charge is 2.28. The van der Waals surface area contributed by atoms with Crippen molar-refractivity contribution in [2.24, 2.45) is 0 Å². The van der Waals surface area contributed by atoms with Crippen LogP contribution in [0.3, 0.4) is 0 Å². The fourth-order valence-corrected chi connectivity index (χ4v) is 2.55. The monoisotopic (exact) mass is 298 g/mol.